The number of nitrogens with zero attached hydrogens (tertiary/aromatic N) is 2. The van der Waals surface area contributed by atoms with Crippen molar-refractivity contribution in [3.63, 3.8) is 0 Å². The van der Waals surface area contributed by atoms with Gasteiger partial charge in [-0.05, 0) is 43.7 Å². The number of benzene rings is 2. The van der Waals surface area contributed by atoms with Crippen molar-refractivity contribution in [3.8, 4) is 11.4 Å². The summed E-state index contributed by atoms with van der Waals surface area (Å²) < 4.78 is 9.60. The molecule has 1 heterocycles. The normalized spacial score (nSPS) is 10.8. The fourth-order valence-electron chi connectivity index (χ4n) is 2.90. The van der Waals surface area contributed by atoms with Crippen molar-refractivity contribution in [2.24, 2.45) is 7.05 Å². The van der Waals surface area contributed by atoms with Gasteiger partial charge in [-0.2, -0.15) is 0 Å². The van der Waals surface area contributed by atoms with Crippen molar-refractivity contribution in [2.45, 2.75) is 13.8 Å². The van der Waals surface area contributed by atoms with Crippen LogP contribution in [-0.4, -0.2) is 21.9 Å². The smallest absolute Gasteiger partial charge is 0.295 e. The zero-order valence-corrected chi connectivity index (χ0v) is 18.0. The van der Waals surface area contributed by atoms with E-state index in [0.717, 1.165) is 10.0 Å². The second-order valence-corrected chi connectivity index (χ2v) is 7.63. The molecular formula is C20H19BrClN3O3. The fraction of sp³-hybridized carbons (Fsp3) is 0.200. The minimum Gasteiger partial charge on any atom is -0.482 e. The summed E-state index contributed by atoms with van der Waals surface area (Å²) in [5.41, 5.74) is 2.07. The molecule has 0 saturated carbocycles. The fourth-order valence-corrected chi connectivity index (χ4v) is 3.92. The number of aromatic nitrogens is 2. The van der Waals surface area contributed by atoms with E-state index < -0.39 is 5.91 Å². The van der Waals surface area contributed by atoms with Crippen LogP contribution in [0.2, 0.25) is 5.02 Å². The van der Waals surface area contributed by atoms with Crippen molar-refractivity contribution in [1.29, 1.82) is 0 Å². The van der Waals surface area contributed by atoms with Crippen LogP contribution in [0, 0.1) is 13.8 Å². The van der Waals surface area contributed by atoms with E-state index in [1.807, 2.05) is 43.3 Å². The molecule has 6 nitrogen and oxygen atoms in total. The Morgan fingerprint density at radius 1 is 1.21 bits per heavy atom. The Hall–Kier alpha value is -2.51. The van der Waals surface area contributed by atoms with Gasteiger partial charge in [0.15, 0.2) is 6.61 Å². The number of carbonyl (C=O) groups excluding carboxylic acids is 1. The van der Waals surface area contributed by atoms with Gasteiger partial charge in [0.05, 0.1) is 16.4 Å². The van der Waals surface area contributed by atoms with Crippen molar-refractivity contribution >= 4 is 39.1 Å². The van der Waals surface area contributed by atoms with Crippen molar-refractivity contribution < 1.29 is 9.53 Å². The standard InChI is InChI=1S/C20H19BrClN3O3/c1-12-9-14(21)10-16(22)19(12)28-11-17(26)23-18-13(2)24(3)25(20(18)27)15-7-5-4-6-8-15/h4-10H,11H2,1-3H3,(H,23,26). The average Bonchev–Trinajstić information content (AvgIpc) is 2.85. The summed E-state index contributed by atoms with van der Waals surface area (Å²) in [5, 5.41) is 3.06. The van der Waals surface area contributed by atoms with E-state index in [4.69, 9.17) is 16.3 Å². The summed E-state index contributed by atoms with van der Waals surface area (Å²) in [6.07, 6.45) is 0. The molecule has 0 spiro atoms. The maximum absolute atomic E-state index is 12.8. The predicted molar refractivity (Wildman–Crippen MR) is 114 cm³/mol. The molecule has 0 atom stereocenters. The van der Waals surface area contributed by atoms with Crippen LogP contribution >= 0.6 is 27.5 Å². The number of rotatable bonds is 5. The maximum atomic E-state index is 12.8. The Morgan fingerprint density at radius 3 is 2.54 bits per heavy atom. The molecule has 1 amide bonds. The average molecular weight is 465 g/mol. The van der Waals surface area contributed by atoms with Crippen molar-refractivity contribution in [1.82, 2.24) is 9.36 Å². The summed E-state index contributed by atoms with van der Waals surface area (Å²) in [6, 6.07) is 12.8. The number of carbonyl (C=O) groups is 1. The molecule has 3 aromatic rings. The van der Waals surface area contributed by atoms with E-state index in [1.165, 1.54) is 4.68 Å². The largest absolute Gasteiger partial charge is 0.482 e. The van der Waals surface area contributed by atoms with Gasteiger partial charge in [0.1, 0.15) is 11.4 Å². The van der Waals surface area contributed by atoms with E-state index in [0.29, 0.717) is 22.2 Å². The Labute approximate surface area is 175 Å². The Balaban J connectivity index is 1.79. The molecule has 146 valence electrons. The summed E-state index contributed by atoms with van der Waals surface area (Å²) in [5.74, 6) is -0.00380. The molecule has 0 bridgehead atoms. The number of aryl methyl sites for hydroxylation is 1. The molecule has 0 fully saturated rings. The van der Waals surface area contributed by atoms with Crippen molar-refractivity contribution in [3.05, 3.63) is 73.6 Å². The van der Waals surface area contributed by atoms with Crippen LogP contribution in [0.1, 0.15) is 11.3 Å². The van der Waals surface area contributed by atoms with Gasteiger partial charge >= 0.3 is 0 Å². The minimum atomic E-state index is -0.440. The number of nitrogens with one attached hydrogen (secondary N) is 1. The van der Waals surface area contributed by atoms with E-state index in [1.54, 1.807) is 24.7 Å². The number of halogens is 2. The predicted octanol–water partition coefficient (Wildman–Crippen LogP) is 4.23. The lowest BCUT2D eigenvalue weighted by molar-refractivity contribution is -0.118. The molecular weight excluding hydrogens is 446 g/mol. The highest BCUT2D eigenvalue weighted by Gasteiger charge is 2.18. The molecule has 1 aromatic heterocycles. The SMILES string of the molecule is Cc1cc(Br)cc(Cl)c1OCC(=O)Nc1c(C)n(C)n(-c2ccccc2)c1=O. The van der Waals surface area contributed by atoms with E-state index in [9.17, 15) is 9.59 Å². The van der Waals surface area contributed by atoms with Gasteiger partial charge in [0.2, 0.25) is 0 Å². The first kappa shape index (κ1) is 20.2. The molecule has 0 radical (unpaired) electrons. The second-order valence-electron chi connectivity index (χ2n) is 6.31. The lowest BCUT2D eigenvalue weighted by atomic mass is 10.2. The van der Waals surface area contributed by atoms with Crippen LogP contribution in [0.5, 0.6) is 5.75 Å². The van der Waals surface area contributed by atoms with Crippen LogP contribution < -0.4 is 15.6 Å². The Kier molecular flexibility index (Phi) is 5.96. The number of ether oxygens (including phenoxy) is 1. The molecule has 0 aliphatic rings. The number of amides is 1. The second kappa shape index (κ2) is 8.24. The van der Waals surface area contributed by atoms with E-state index in [-0.39, 0.29) is 17.9 Å². The third-order valence-electron chi connectivity index (χ3n) is 4.36. The molecule has 1 N–H and O–H groups in total. The van der Waals surface area contributed by atoms with Gasteiger partial charge in [-0.15, -0.1) is 0 Å². The third kappa shape index (κ3) is 4.00. The molecule has 0 unspecified atom stereocenters. The van der Waals surface area contributed by atoms with Gasteiger partial charge < -0.3 is 10.1 Å². The van der Waals surface area contributed by atoms with Gasteiger partial charge in [-0.25, -0.2) is 4.68 Å². The number of hydrogen-bond donors (Lipinski definition) is 1. The number of para-hydroxylation sites is 1. The van der Waals surface area contributed by atoms with Crippen molar-refractivity contribution in [2.75, 3.05) is 11.9 Å². The molecule has 0 aliphatic heterocycles. The highest BCUT2D eigenvalue weighted by molar-refractivity contribution is 9.10. The zero-order chi connectivity index (χ0) is 20.4. The molecule has 3 rings (SSSR count). The highest BCUT2D eigenvalue weighted by atomic mass is 79.9. The lowest BCUT2D eigenvalue weighted by Gasteiger charge is -2.11. The molecule has 2 aromatic carbocycles. The third-order valence-corrected chi connectivity index (χ3v) is 5.10. The topological polar surface area (TPSA) is 65.3 Å². The minimum absolute atomic E-state index is 0.221. The van der Waals surface area contributed by atoms with Crippen LogP contribution in [0.25, 0.3) is 5.69 Å². The molecule has 0 saturated heterocycles. The summed E-state index contributed by atoms with van der Waals surface area (Å²) in [7, 11) is 1.76. The first-order valence-corrected chi connectivity index (χ1v) is 9.69. The molecule has 8 heteroatoms. The zero-order valence-electron chi connectivity index (χ0n) is 15.6. The Bertz CT molecular complexity index is 1070. The first-order valence-electron chi connectivity index (χ1n) is 8.52. The van der Waals surface area contributed by atoms with E-state index in [2.05, 4.69) is 21.2 Å². The van der Waals surface area contributed by atoms with Gasteiger partial charge in [-0.3, -0.25) is 14.3 Å². The number of hydrogen-bond acceptors (Lipinski definition) is 3. The summed E-state index contributed by atoms with van der Waals surface area (Å²) >= 11 is 9.53. The van der Waals surface area contributed by atoms with Gasteiger partial charge in [-0.1, -0.05) is 45.7 Å². The first-order chi connectivity index (χ1) is 13.3. The molecule has 28 heavy (non-hydrogen) atoms. The van der Waals surface area contributed by atoms with Crippen LogP contribution in [0.3, 0.4) is 0 Å². The quantitative estimate of drug-likeness (QED) is 0.615. The summed E-state index contributed by atoms with van der Waals surface area (Å²) in [4.78, 5) is 25.2. The monoisotopic (exact) mass is 463 g/mol. The van der Waals surface area contributed by atoms with Gasteiger partial charge in [0.25, 0.3) is 11.5 Å². The van der Waals surface area contributed by atoms with E-state index >= 15 is 0 Å². The van der Waals surface area contributed by atoms with Gasteiger partial charge in [0, 0.05) is 11.5 Å². The molecule has 0 aliphatic carbocycles. The number of anilines is 1. The maximum Gasteiger partial charge on any atom is 0.295 e. The Morgan fingerprint density at radius 2 is 1.89 bits per heavy atom. The van der Waals surface area contributed by atoms with Crippen LogP contribution in [0.15, 0.2) is 51.7 Å². The van der Waals surface area contributed by atoms with Crippen LogP contribution in [0.4, 0.5) is 5.69 Å². The highest BCUT2D eigenvalue weighted by Crippen LogP contribution is 2.31. The summed E-state index contributed by atoms with van der Waals surface area (Å²) in [6.45, 7) is 3.35. The van der Waals surface area contributed by atoms with Crippen LogP contribution in [-0.2, 0) is 11.8 Å². The lowest BCUT2D eigenvalue weighted by Crippen LogP contribution is -2.25.